The van der Waals surface area contributed by atoms with Crippen molar-refractivity contribution in [3.63, 3.8) is 0 Å². The summed E-state index contributed by atoms with van der Waals surface area (Å²) in [5, 5.41) is 15.1. The molecular weight excluding hydrogens is 811 g/mol. The van der Waals surface area contributed by atoms with E-state index in [2.05, 4.69) is 211 Å². The second-order valence-electron chi connectivity index (χ2n) is 17.0. The summed E-state index contributed by atoms with van der Waals surface area (Å²) in [6, 6.07) is 74.0. The van der Waals surface area contributed by atoms with Gasteiger partial charge < -0.3 is 0 Å². The molecule has 11 aromatic carbocycles. The van der Waals surface area contributed by atoms with Crippen LogP contribution in [0.5, 0.6) is 0 Å². The third-order valence-electron chi connectivity index (χ3n) is 13.3. The zero-order chi connectivity index (χ0) is 44.8. The van der Waals surface area contributed by atoms with E-state index in [9.17, 15) is 0 Å². The first-order chi connectivity index (χ1) is 33.1. The molecule has 13 rings (SSSR count). The van der Waals surface area contributed by atoms with E-state index in [1.165, 1.54) is 92.8 Å². The van der Waals surface area contributed by atoms with Gasteiger partial charge in [-0.05, 0) is 118 Å². The Balaban J connectivity index is 0.000000160. The SMILES string of the molecule is C=Cc1cccc(-c2cccc3c2ccc2ccccc23)c1N=CC.c1cnc2ccc(-c3ccc(-c4ccc5ccc6c(-c7cccc8cccnc78)ccc7ccc4c5c76)cc3)cc2c1. The summed E-state index contributed by atoms with van der Waals surface area (Å²) in [4.78, 5) is 13.9. The first-order valence-electron chi connectivity index (χ1n) is 22.8. The second-order valence-corrected chi connectivity index (χ2v) is 17.0. The molecule has 0 amide bonds. The third kappa shape index (κ3) is 6.88. The highest BCUT2D eigenvalue weighted by atomic mass is 14.7. The maximum atomic E-state index is 4.76. The molecule has 3 nitrogen and oxygen atoms in total. The molecular formula is C64H43N3. The number of benzene rings is 11. The van der Waals surface area contributed by atoms with Crippen LogP contribution in [0.2, 0.25) is 0 Å². The van der Waals surface area contributed by atoms with Crippen molar-refractivity contribution in [2.45, 2.75) is 6.92 Å². The molecule has 67 heavy (non-hydrogen) atoms. The zero-order valence-electron chi connectivity index (χ0n) is 37.0. The fraction of sp³-hybridized carbons (Fsp3) is 0.0156. The average Bonchev–Trinajstić information content (AvgIpc) is 3.40. The van der Waals surface area contributed by atoms with Crippen LogP contribution >= 0.6 is 0 Å². The largest absolute Gasteiger partial charge is 0.260 e. The van der Waals surface area contributed by atoms with E-state index in [0.717, 1.165) is 38.6 Å². The Morgan fingerprint density at radius 3 is 1.79 bits per heavy atom. The minimum Gasteiger partial charge on any atom is -0.260 e. The quantitative estimate of drug-likeness (QED) is 0.123. The van der Waals surface area contributed by atoms with Gasteiger partial charge in [0.2, 0.25) is 0 Å². The van der Waals surface area contributed by atoms with Crippen molar-refractivity contribution in [2.24, 2.45) is 4.99 Å². The summed E-state index contributed by atoms with van der Waals surface area (Å²) < 4.78 is 0. The van der Waals surface area contributed by atoms with Gasteiger partial charge >= 0.3 is 0 Å². The number of aromatic nitrogens is 2. The first kappa shape index (κ1) is 39.8. The number of para-hydroxylation sites is 2. The Hall–Kier alpha value is -8.79. The van der Waals surface area contributed by atoms with Crippen LogP contribution < -0.4 is 0 Å². The highest BCUT2D eigenvalue weighted by Gasteiger charge is 2.17. The predicted octanol–water partition coefficient (Wildman–Crippen LogP) is 17.7. The fourth-order valence-corrected chi connectivity index (χ4v) is 10.2. The van der Waals surface area contributed by atoms with Gasteiger partial charge in [-0.15, -0.1) is 0 Å². The number of nitrogens with zero attached hydrogens (tertiary/aromatic N) is 3. The Morgan fingerprint density at radius 2 is 0.970 bits per heavy atom. The summed E-state index contributed by atoms with van der Waals surface area (Å²) in [5.74, 6) is 0. The lowest BCUT2D eigenvalue weighted by Crippen LogP contribution is -1.90. The lowest BCUT2D eigenvalue weighted by atomic mass is 9.87. The Labute approximate surface area is 389 Å². The molecule has 0 atom stereocenters. The molecule has 0 radical (unpaired) electrons. The van der Waals surface area contributed by atoms with Crippen molar-refractivity contribution in [1.29, 1.82) is 0 Å². The van der Waals surface area contributed by atoms with E-state index in [0.29, 0.717) is 0 Å². The van der Waals surface area contributed by atoms with E-state index in [1.54, 1.807) is 0 Å². The molecule has 0 unspecified atom stereocenters. The molecule has 0 saturated heterocycles. The second kappa shape index (κ2) is 16.6. The van der Waals surface area contributed by atoms with Crippen molar-refractivity contribution in [1.82, 2.24) is 9.97 Å². The number of aliphatic imine (C=N–C) groups is 1. The molecule has 0 saturated carbocycles. The van der Waals surface area contributed by atoms with Crippen LogP contribution in [0.15, 0.2) is 230 Å². The number of hydrogen-bond acceptors (Lipinski definition) is 3. The maximum absolute atomic E-state index is 4.76. The van der Waals surface area contributed by atoms with Crippen LogP contribution in [0.1, 0.15) is 12.5 Å². The van der Waals surface area contributed by atoms with E-state index < -0.39 is 0 Å². The smallest absolute Gasteiger partial charge is 0.0780 e. The maximum Gasteiger partial charge on any atom is 0.0780 e. The Bertz CT molecular complexity index is 4060. The van der Waals surface area contributed by atoms with E-state index in [1.807, 2.05) is 43.7 Å². The molecule has 3 heteroatoms. The van der Waals surface area contributed by atoms with Gasteiger partial charge in [-0.3, -0.25) is 15.0 Å². The van der Waals surface area contributed by atoms with E-state index in [4.69, 9.17) is 4.98 Å². The molecule has 0 aliphatic rings. The van der Waals surface area contributed by atoms with Crippen molar-refractivity contribution in [3.05, 3.63) is 231 Å². The average molecular weight is 854 g/mol. The number of pyridine rings is 2. The number of hydrogen-bond donors (Lipinski definition) is 0. The minimum absolute atomic E-state index is 0.973. The molecule has 0 aliphatic heterocycles. The van der Waals surface area contributed by atoms with Crippen LogP contribution in [0.25, 0.3) is 126 Å². The lowest BCUT2D eigenvalue weighted by Gasteiger charge is -2.17. The topological polar surface area (TPSA) is 38.1 Å². The summed E-state index contributed by atoms with van der Waals surface area (Å²) in [6.07, 6.45) is 7.43. The molecule has 0 bridgehead atoms. The van der Waals surface area contributed by atoms with E-state index in [-0.39, 0.29) is 0 Å². The van der Waals surface area contributed by atoms with E-state index >= 15 is 0 Å². The van der Waals surface area contributed by atoms with Crippen molar-refractivity contribution >= 4 is 93.6 Å². The number of rotatable bonds is 6. The van der Waals surface area contributed by atoms with Gasteiger partial charge in [-0.1, -0.05) is 195 Å². The molecule has 0 N–H and O–H groups in total. The van der Waals surface area contributed by atoms with Crippen molar-refractivity contribution in [2.75, 3.05) is 0 Å². The minimum atomic E-state index is 0.973. The van der Waals surface area contributed by atoms with Gasteiger partial charge in [-0.2, -0.15) is 0 Å². The molecule has 13 aromatic rings. The monoisotopic (exact) mass is 853 g/mol. The van der Waals surface area contributed by atoms with Gasteiger partial charge in [0.05, 0.1) is 16.7 Å². The van der Waals surface area contributed by atoms with Gasteiger partial charge in [0.15, 0.2) is 0 Å². The Morgan fingerprint density at radius 1 is 0.388 bits per heavy atom. The summed E-state index contributed by atoms with van der Waals surface area (Å²) >= 11 is 0. The normalized spacial score (nSPS) is 11.7. The van der Waals surface area contributed by atoms with Crippen molar-refractivity contribution in [3.8, 4) is 44.5 Å². The molecule has 0 aliphatic carbocycles. The summed E-state index contributed by atoms with van der Waals surface area (Å²) in [6.45, 7) is 5.88. The fourth-order valence-electron chi connectivity index (χ4n) is 10.2. The first-order valence-corrected chi connectivity index (χ1v) is 22.8. The predicted molar refractivity (Wildman–Crippen MR) is 288 cm³/mol. The van der Waals surface area contributed by atoms with Crippen LogP contribution in [-0.4, -0.2) is 16.2 Å². The highest BCUT2D eigenvalue weighted by Crippen LogP contribution is 2.44. The molecule has 2 aromatic heterocycles. The molecule has 2 heterocycles. The summed E-state index contributed by atoms with van der Waals surface area (Å²) in [5.41, 5.74) is 13.7. The highest BCUT2D eigenvalue weighted by molar-refractivity contribution is 6.28. The van der Waals surface area contributed by atoms with Crippen LogP contribution in [0, 0.1) is 0 Å². The summed E-state index contributed by atoms with van der Waals surface area (Å²) in [7, 11) is 0. The van der Waals surface area contributed by atoms with Crippen molar-refractivity contribution < 1.29 is 0 Å². The zero-order valence-corrected chi connectivity index (χ0v) is 37.0. The van der Waals surface area contributed by atoms with Gasteiger partial charge in [-0.25, -0.2) is 0 Å². The van der Waals surface area contributed by atoms with Gasteiger partial charge in [0.25, 0.3) is 0 Å². The van der Waals surface area contributed by atoms with Crippen LogP contribution in [-0.2, 0) is 0 Å². The van der Waals surface area contributed by atoms with Crippen LogP contribution in [0.3, 0.4) is 0 Å². The number of fused-ring (bicyclic) bond motifs is 5. The standard InChI is InChI=1S/C40H24N2.C24H19N/c1-4-29-5-2-23-42-40(29)36(7-1)33-18-13-28-14-19-34-32(17-12-27-15-20-35(33)39(28)38(27)34)26-10-8-25(9-11-26)30-16-21-37-31(24-30)6-3-22-41-37;1-3-17-10-7-14-23(24(17)25-4-2)21-13-8-12-20-19-11-6-5-9-18(19)15-16-22(20)21/h1-24H;3-16H,1H2,2H3. The Kier molecular flexibility index (Phi) is 9.88. The third-order valence-corrected chi connectivity index (χ3v) is 13.3. The van der Waals surface area contributed by atoms with Gasteiger partial charge in [0.1, 0.15) is 0 Å². The molecule has 314 valence electrons. The lowest BCUT2D eigenvalue weighted by molar-refractivity contribution is 1.41. The van der Waals surface area contributed by atoms with Crippen LogP contribution in [0.4, 0.5) is 5.69 Å². The van der Waals surface area contributed by atoms with Gasteiger partial charge in [0, 0.05) is 46.1 Å². The molecule has 0 fully saturated rings. The molecule has 0 spiro atoms.